The maximum absolute atomic E-state index is 12.3. The van der Waals surface area contributed by atoms with Crippen molar-refractivity contribution >= 4 is 27.4 Å². The molecule has 5 heteroatoms. The number of hydrogen-bond acceptors (Lipinski definition) is 4. The summed E-state index contributed by atoms with van der Waals surface area (Å²) in [5, 5.41) is 5.92. The molecule has 5 aromatic rings. The van der Waals surface area contributed by atoms with Crippen LogP contribution in [0.2, 0.25) is 0 Å². The van der Waals surface area contributed by atoms with Gasteiger partial charge in [0.1, 0.15) is 11.3 Å². The third kappa shape index (κ3) is 2.93. The van der Waals surface area contributed by atoms with E-state index in [1.54, 1.807) is 18.6 Å². The lowest BCUT2D eigenvalue weighted by Crippen LogP contribution is -2.06. The molecule has 5 nitrogen and oxygen atoms in total. The summed E-state index contributed by atoms with van der Waals surface area (Å²) in [4.78, 5) is 19.2. The lowest BCUT2D eigenvalue weighted by atomic mass is 10.0. The normalized spacial score (nSPS) is 11.1. The summed E-state index contributed by atoms with van der Waals surface area (Å²) >= 11 is 0. The number of furan rings is 1. The highest BCUT2D eigenvalue weighted by atomic mass is 16.3. The summed E-state index contributed by atoms with van der Waals surface area (Å²) in [5.41, 5.74) is 3.64. The molecule has 0 fully saturated rings. The van der Waals surface area contributed by atoms with Crippen LogP contribution in [0.15, 0.2) is 88.5 Å². The first-order valence-corrected chi connectivity index (χ1v) is 9.05. The largest absolute Gasteiger partial charge is 0.456 e. The summed E-state index contributed by atoms with van der Waals surface area (Å²) in [5.74, 6) is 0.730. The maximum atomic E-state index is 12.3. The quantitative estimate of drug-likeness (QED) is 0.471. The van der Waals surface area contributed by atoms with E-state index in [0.29, 0.717) is 11.9 Å². The molecule has 28 heavy (non-hydrogen) atoms. The Morgan fingerprint density at radius 1 is 0.964 bits per heavy atom. The van der Waals surface area contributed by atoms with Crippen LogP contribution in [-0.4, -0.2) is 9.97 Å². The van der Waals surface area contributed by atoms with E-state index < -0.39 is 0 Å². The third-order valence-corrected chi connectivity index (χ3v) is 4.84. The molecule has 0 bridgehead atoms. The number of pyridine rings is 2. The van der Waals surface area contributed by atoms with Crippen LogP contribution in [0, 0.1) is 0 Å². The summed E-state index contributed by atoms with van der Waals surface area (Å²) in [6, 6.07) is 19.6. The molecule has 0 radical (unpaired) electrons. The average molecular weight is 367 g/mol. The second-order valence-corrected chi connectivity index (χ2v) is 6.65. The van der Waals surface area contributed by atoms with Gasteiger partial charge in [0.25, 0.3) is 5.56 Å². The molecule has 2 aromatic carbocycles. The molecule has 0 amide bonds. The van der Waals surface area contributed by atoms with E-state index in [-0.39, 0.29) is 5.56 Å². The van der Waals surface area contributed by atoms with Gasteiger partial charge in [0.2, 0.25) is 0 Å². The molecule has 0 aliphatic heterocycles. The van der Waals surface area contributed by atoms with E-state index in [1.165, 1.54) is 0 Å². The maximum Gasteiger partial charge on any atom is 0.255 e. The number of rotatable bonds is 4. The van der Waals surface area contributed by atoms with Crippen molar-refractivity contribution in [2.24, 2.45) is 0 Å². The number of nitrogens with zero attached hydrogens (tertiary/aromatic N) is 1. The minimum absolute atomic E-state index is 0.115. The van der Waals surface area contributed by atoms with Gasteiger partial charge in [0.15, 0.2) is 0 Å². The number of H-pyrrole nitrogens is 1. The molecule has 0 atom stereocenters. The van der Waals surface area contributed by atoms with Gasteiger partial charge in [-0.1, -0.05) is 18.2 Å². The Morgan fingerprint density at radius 3 is 2.68 bits per heavy atom. The molecule has 0 unspecified atom stereocenters. The second kappa shape index (κ2) is 6.70. The van der Waals surface area contributed by atoms with Crippen LogP contribution in [0.4, 0.5) is 5.69 Å². The van der Waals surface area contributed by atoms with Crippen molar-refractivity contribution in [1.82, 2.24) is 9.97 Å². The van der Waals surface area contributed by atoms with Crippen LogP contribution in [0.3, 0.4) is 0 Å². The molecule has 0 saturated heterocycles. The van der Waals surface area contributed by atoms with Crippen molar-refractivity contribution < 1.29 is 4.42 Å². The SMILES string of the molecule is O=c1[nH]cc(-c2cc3ccccc3o2)c2cc(NCc3ccncc3)ccc12. The highest BCUT2D eigenvalue weighted by molar-refractivity contribution is 5.98. The summed E-state index contributed by atoms with van der Waals surface area (Å²) in [7, 11) is 0. The first-order valence-electron chi connectivity index (χ1n) is 9.05. The van der Waals surface area contributed by atoms with E-state index >= 15 is 0 Å². The van der Waals surface area contributed by atoms with Crippen LogP contribution in [0.25, 0.3) is 33.1 Å². The molecule has 3 aromatic heterocycles. The smallest absolute Gasteiger partial charge is 0.255 e. The van der Waals surface area contributed by atoms with E-state index in [1.807, 2.05) is 60.7 Å². The number of benzene rings is 2. The Bertz CT molecular complexity index is 1300. The van der Waals surface area contributed by atoms with Crippen molar-refractivity contribution in [3.05, 3.63) is 95.2 Å². The Labute approximate surface area is 160 Å². The zero-order chi connectivity index (χ0) is 18.9. The van der Waals surface area contributed by atoms with Crippen molar-refractivity contribution in [1.29, 1.82) is 0 Å². The van der Waals surface area contributed by atoms with E-state index in [9.17, 15) is 4.79 Å². The first-order chi connectivity index (χ1) is 13.8. The highest BCUT2D eigenvalue weighted by Gasteiger charge is 2.12. The van der Waals surface area contributed by atoms with Crippen LogP contribution in [-0.2, 0) is 6.54 Å². The lowest BCUT2D eigenvalue weighted by molar-refractivity contribution is 0.632. The summed E-state index contributed by atoms with van der Waals surface area (Å²) in [6.45, 7) is 0.678. The molecule has 0 saturated carbocycles. The fourth-order valence-electron chi connectivity index (χ4n) is 3.39. The number of hydrogen-bond donors (Lipinski definition) is 2. The first kappa shape index (κ1) is 16.3. The van der Waals surface area contributed by atoms with Gasteiger partial charge >= 0.3 is 0 Å². The van der Waals surface area contributed by atoms with Gasteiger partial charge in [0.05, 0.1) is 0 Å². The molecular weight excluding hydrogens is 350 g/mol. The molecule has 0 aliphatic rings. The predicted octanol–water partition coefficient (Wildman–Crippen LogP) is 4.95. The lowest BCUT2D eigenvalue weighted by Gasteiger charge is -2.09. The van der Waals surface area contributed by atoms with Crippen molar-refractivity contribution in [2.45, 2.75) is 6.54 Å². The second-order valence-electron chi connectivity index (χ2n) is 6.65. The fourth-order valence-corrected chi connectivity index (χ4v) is 3.39. The van der Waals surface area contributed by atoms with Gasteiger partial charge in [-0.15, -0.1) is 0 Å². The van der Waals surface area contributed by atoms with Gasteiger partial charge in [0, 0.05) is 52.5 Å². The molecular formula is C23H17N3O2. The Morgan fingerprint density at radius 2 is 1.82 bits per heavy atom. The monoisotopic (exact) mass is 367 g/mol. The standard InChI is InChI=1S/C23H17N3O2/c27-23-18-6-5-17(25-13-15-7-9-24-10-8-15)12-19(18)20(14-26-23)22-11-16-3-1-2-4-21(16)28-22/h1-12,14,25H,13H2,(H,26,27). The van der Waals surface area contributed by atoms with Crippen LogP contribution >= 0.6 is 0 Å². The zero-order valence-electron chi connectivity index (χ0n) is 15.0. The number of aromatic nitrogens is 2. The molecule has 3 heterocycles. The Kier molecular flexibility index (Phi) is 3.91. The number of aromatic amines is 1. The summed E-state index contributed by atoms with van der Waals surface area (Å²) < 4.78 is 6.02. The van der Waals surface area contributed by atoms with Gasteiger partial charge < -0.3 is 14.7 Å². The van der Waals surface area contributed by atoms with Crippen molar-refractivity contribution in [3.8, 4) is 11.3 Å². The minimum Gasteiger partial charge on any atom is -0.456 e. The van der Waals surface area contributed by atoms with Crippen molar-refractivity contribution in [3.63, 3.8) is 0 Å². The third-order valence-electron chi connectivity index (χ3n) is 4.84. The van der Waals surface area contributed by atoms with Crippen LogP contribution < -0.4 is 10.9 Å². The number of anilines is 1. The topological polar surface area (TPSA) is 70.9 Å². The molecule has 0 spiro atoms. The minimum atomic E-state index is -0.115. The van der Waals surface area contributed by atoms with Crippen LogP contribution in [0.5, 0.6) is 0 Å². The zero-order valence-corrected chi connectivity index (χ0v) is 15.0. The van der Waals surface area contributed by atoms with Crippen molar-refractivity contribution in [2.75, 3.05) is 5.32 Å². The predicted molar refractivity (Wildman–Crippen MR) is 111 cm³/mol. The molecule has 136 valence electrons. The van der Waals surface area contributed by atoms with Gasteiger partial charge in [-0.05, 0) is 48.0 Å². The van der Waals surface area contributed by atoms with Crippen LogP contribution in [0.1, 0.15) is 5.56 Å². The Hall–Kier alpha value is -3.86. The average Bonchev–Trinajstić information content (AvgIpc) is 3.17. The fraction of sp³-hybridized carbons (Fsp3) is 0.0435. The van der Waals surface area contributed by atoms with E-state index in [2.05, 4.69) is 15.3 Å². The molecule has 5 rings (SSSR count). The van der Waals surface area contributed by atoms with Gasteiger partial charge in [-0.3, -0.25) is 9.78 Å². The Balaban J connectivity index is 1.59. The number of para-hydroxylation sites is 1. The summed E-state index contributed by atoms with van der Waals surface area (Å²) in [6.07, 6.45) is 5.27. The van der Waals surface area contributed by atoms with E-state index in [0.717, 1.165) is 38.9 Å². The number of nitrogens with one attached hydrogen (secondary N) is 2. The molecule has 2 N–H and O–H groups in total. The molecule has 0 aliphatic carbocycles. The van der Waals surface area contributed by atoms with Gasteiger partial charge in [-0.25, -0.2) is 0 Å². The van der Waals surface area contributed by atoms with Gasteiger partial charge in [-0.2, -0.15) is 0 Å². The van der Waals surface area contributed by atoms with E-state index in [4.69, 9.17) is 4.42 Å². The number of fused-ring (bicyclic) bond motifs is 2. The highest BCUT2D eigenvalue weighted by Crippen LogP contribution is 2.32.